The van der Waals surface area contributed by atoms with E-state index in [4.69, 9.17) is 9.47 Å². The minimum atomic E-state index is -0.211. The third-order valence-electron chi connectivity index (χ3n) is 2.20. The molecule has 0 N–H and O–H groups in total. The molecular formula is C9H17NO3. The van der Waals surface area contributed by atoms with Gasteiger partial charge in [0.2, 0.25) is 0 Å². The monoisotopic (exact) mass is 187 g/mol. The summed E-state index contributed by atoms with van der Waals surface area (Å²) < 4.78 is 10.2. The molecule has 1 amide bonds. The number of rotatable bonds is 2. The van der Waals surface area contributed by atoms with Crippen LogP contribution in [0.3, 0.4) is 0 Å². The van der Waals surface area contributed by atoms with E-state index in [-0.39, 0.29) is 12.1 Å². The third kappa shape index (κ3) is 2.59. The van der Waals surface area contributed by atoms with Gasteiger partial charge in [0.25, 0.3) is 0 Å². The van der Waals surface area contributed by atoms with E-state index in [0.717, 1.165) is 6.42 Å². The predicted molar refractivity (Wildman–Crippen MR) is 48.6 cm³/mol. The zero-order valence-electron chi connectivity index (χ0n) is 8.28. The molecular weight excluding hydrogens is 170 g/mol. The summed E-state index contributed by atoms with van der Waals surface area (Å²) in [5, 5.41) is 0. The van der Waals surface area contributed by atoms with Gasteiger partial charge >= 0.3 is 6.09 Å². The summed E-state index contributed by atoms with van der Waals surface area (Å²) in [5.74, 6) is 0. The Morgan fingerprint density at radius 3 is 3.00 bits per heavy atom. The summed E-state index contributed by atoms with van der Waals surface area (Å²) in [6.45, 7) is 6.21. The van der Waals surface area contributed by atoms with Gasteiger partial charge in [-0.2, -0.15) is 0 Å². The second-order valence-electron chi connectivity index (χ2n) is 3.03. The maximum atomic E-state index is 11.4. The van der Waals surface area contributed by atoms with E-state index < -0.39 is 0 Å². The van der Waals surface area contributed by atoms with Crippen molar-refractivity contribution in [2.45, 2.75) is 26.3 Å². The molecule has 0 radical (unpaired) electrons. The molecule has 1 aliphatic rings. The molecule has 13 heavy (non-hydrogen) atoms. The van der Waals surface area contributed by atoms with E-state index >= 15 is 0 Å². The molecule has 0 aromatic rings. The molecule has 1 rings (SSSR count). The summed E-state index contributed by atoms with van der Waals surface area (Å²) >= 11 is 0. The number of amides is 1. The van der Waals surface area contributed by atoms with Crippen LogP contribution in [0.4, 0.5) is 4.79 Å². The fourth-order valence-corrected chi connectivity index (χ4v) is 1.44. The van der Waals surface area contributed by atoms with Crippen molar-refractivity contribution in [3.05, 3.63) is 0 Å². The topological polar surface area (TPSA) is 38.8 Å². The Morgan fingerprint density at radius 1 is 1.62 bits per heavy atom. The van der Waals surface area contributed by atoms with Crippen LogP contribution in [0.25, 0.3) is 0 Å². The van der Waals surface area contributed by atoms with E-state index in [9.17, 15) is 4.79 Å². The van der Waals surface area contributed by atoms with Crippen LogP contribution >= 0.6 is 0 Å². The molecule has 0 saturated carbocycles. The Bertz CT molecular complexity index is 172. The number of nitrogens with zero attached hydrogens (tertiary/aromatic N) is 1. The highest BCUT2D eigenvalue weighted by atomic mass is 16.6. The highest BCUT2D eigenvalue weighted by molar-refractivity contribution is 5.68. The Balaban J connectivity index is 2.48. The first-order chi connectivity index (χ1) is 6.29. The van der Waals surface area contributed by atoms with Gasteiger partial charge in [-0.25, -0.2) is 4.79 Å². The lowest BCUT2D eigenvalue weighted by Crippen LogP contribution is -2.48. The van der Waals surface area contributed by atoms with Gasteiger partial charge in [-0.1, -0.05) is 6.92 Å². The van der Waals surface area contributed by atoms with Crippen LogP contribution in [0.1, 0.15) is 20.3 Å². The van der Waals surface area contributed by atoms with Crippen LogP contribution in [0, 0.1) is 0 Å². The molecule has 0 spiro atoms. The summed E-state index contributed by atoms with van der Waals surface area (Å²) in [7, 11) is 0. The largest absolute Gasteiger partial charge is 0.450 e. The second kappa shape index (κ2) is 5.07. The van der Waals surface area contributed by atoms with Crippen molar-refractivity contribution < 1.29 is 14.3 Å². The van der Waals surface area contributed by atoms with Gasteiger partial charge in [-0.05, 0) is 13.3 Å². The molecule has 4 heteroatoms. The zero-order valence-corrected chi connectivity index (χ0v) is 8.28. The molecule has 0 aromatic heterocycles. The predicted octanol–water partition coefficient (Wildman–Crippen LogP) is 1.25. The molecule has 1 fully saturated rings. The maximum Gasteiger partial charge on any atom is 0.410 e. The van der Waals surface area contributed by atoms with Gasteiger partial charge in [-0.15, -0.1) is 0 Å². The lowest BCUT2D eigenvalue weighted by Gasteiger charge is -2.33. The molecule has 1 heterocycles. The lowest BCUT2D eigenvalue weighted by atomic mass is 10.2. The number of carbonyl (C=O) groups is 1. The van der Waals surface area contributed by atoms with Crippen molar-refractivity contribution in [2.75, 3.05) is 26.4 Å². The smallest absolute Gasteiger partial charge is 0.410 e. The summed E-state index contributed by atoms with van der Waals surface area (Å²) in [6, 6.07) is 0.188. The second-order valence-corrected chi connectivity index (χ2v) is 3.03. The molecule has 4 nitrogen and oxygen atoms in total. The van der Waals surface area contributed by atoms with Crippen molar-refractivity contribution in [1.82, 2.24) is 4.90 Å². The number of hydrogen-bond acceptors (Lipinski definition) is 3. The first-order valence-corrected chi connectivity index (χ1v) is 4.80. The average Bonchev–Trinajstić information content (AvgIpc) is 2.18. The summed E-state index contributed by atoms with van der Waals surface area (Å²) in [6.07, 6.45) is 0.705. The fraction of sp³-hybridized carbons (Fsp3) is 0.889. The van der Waals surface area contributed by atoms with Crippen LogP contribution < -0.4 is 0 Å². The Morgan fingerprint density at radius 2 is 2.38 bits per heavy atom. The first kappa shape index (κ1) is 10.3. The molecule has 1 atom stereocenters. The number of carbonyl (C=O) groups excluding carboxylic acids is 1. The quantitative estimate of drug-likeness (QED) is 0.653. The molecule has 1 aliphatic heterocycles. The summed E-state index contributed by atoms with van der Waals surface area (Å²) in [5.41, 5.74) is 0. The Kier molecular flexibility index (Phi) is 4.02. The van der Waals surface area contributed by atoms with E-state index in [1.165, 1.54) is 0 Å². The van der Waals surface area contributed by atoms with Gasteiger partial charge in [-0.3, -0.25) is 0 Å². The van der Waals surface area contributed by atoms with Gasteiger partial charge in [0.15, 0.2) is 0 Å². The van der Waals surface area contributed by atoms with E-state index in [1.54, 1.807) is 4.90 Å². The SMILES string of the molecule is CCOC(=O)N1CCOCC1CC. The normalized spacial score (nSPS) is 22.9. The Hall–Kier alpha value is -0.770. The highest BCUT2D eigenvalue weighted by Gasteiger charge is 2.26. The van der Waals surface area contributed by atoms with Crippen molar-refractivity contribution in [3.8, 4) is 0 Å². The Labute approximate surface area is 78.8 Å². The molecule has 1 unspecified atom stereocenters. The van der Waals surface area contributed by atoms with E-state index in [2.05, 4.69) is 0 Å². The molecule has 76 valence electrons. The highest BCUT2D eigenvalue weighted by Crippen LogP contribution is 2.11. The van der Waals surface area contributed by atoms with E-state index in [1.807, 2.05) is 13.8 Å². The van der Waals surface area contributed by atoms with Gasteiger partial charge in [0, 0.05) is 6.54 Å². The first-order valence-electron chi connectivity index (χ1n) is 4.80. The standard InChI is InChI=1S/C9H17NO3/c1-3-8-7-12-6-5-10(8)9(11)13-4-2/h8H,3-7H2,1-2H3. The molecule has 0 bridgehead atoms. The van der Waals surface area contributed by atoms with Crippen LogP contribution in [-0.4, -0.2) is 43.4 Å². The van der Waals surface area contributed by atoms with Crippen LogP contribution in [0.5, 0.6) is 0 Å². The van der Waals surface area contributed by atoms with Crippen molar-refractivity contribution >= 4 is 6.09 Å². The van der Waals surface area contributed by atoms with Crippen LogP contribution in [0.15, 0.2) is 0 Å². The van der Waals surface area contributed by atoms with Crippen LogP contribution in [0.2, 0.25) is 0 Å². The maximum absolute atomic E-state index is 11.4. The van der Waals surface area contributed by atoms with Gasteiger partial charge in [0.1, 0.15) is 0 Å². The molecule has 0 aromatic carbocycles. The summed E-state index contributed by atoms with van der Waals surface area (Å²) in [4.78, 5) is 13.2. The van der Waals surface area contributed by atoms with Crippen molar-refractivity contribution in [1.29, 1.82) is 0 Å². The van der Waals surface area contributed by atoms with E-state index in [0.29, 0.717) is 26.4 Å². The average molecular weight is 187 g/mol. The number of morpholine rings is 1. The molecule has 1 saturated heterocycles. The van der Waals surface area contributed by atoms with Crippen LogP contribution in [-0.2, 0) is 9.47 Å². The molecule has 0 aliphatic carbocycles. The minimum absolute atomic E-state index is 0.188. The van der Waals surface area contributed by atoms with Crippen molar-refractivity contribution in [2.24, 2.45) is 0 Å². The van der Waals surface area contributed by atoms with Crippen molar-refractivity contribution in [3.63, 3.8) is 0 Å². The van der Waals surface area contributed by atoms with Gasteiger partial charge < -0.3 is 14.4 Å². The number of ether oxygens (including phenoxy) is 2. The lowest BCUT2D eigenvalue weighted by molar-refractivity contribution is -0.00892. The third-order valence-corrected chi connectivity index (χ3v) is 2.20. The minimum Gasteiger partial charge on any atom is -0.450 e. The number of hydrogen-bond donors (Lipinski definition) is 0. The zero-order chi connectivity index (χ0) is 9.68. The fourth-order valence-electron chi connectivity index (χ4n) is 1.44. The van der Waals surface area contributed by atoms with Gasteiger partial charge in [0.05, 0.1) is 25.9 Å².